The Hall–Kier alpha value is -0.550. The molecule has 2 nitrogen and oxygen atoms in total. The van der Waals surface area contributed by atoms with Crippen molar-refractivity contribution in [2.75, 3.05) is 13.2 Å². The molecule has 2 heteroatoms. The fourth-order valence-electron chi connectivity index (χ4n) is 1.47. The van der Waals surface area contributed by atoms with Crippen LogP contribution in [0.3, 0.4) is 0 Å². The van der Waals surface area contributed by atoms with E-state index in [1.54, 1.807) is 0 Å². The van der Waals surface area contributed by atoms with Crippen LogP contribution in [0.4, 0.5) is 0 Å². The van der Waals surface area contributed by atoms with E-state index in [2.05, 4.69) is 33.8 Å². The van der Waals surface area contributed by atoms with Gasteiger partial charge in [-0.3, -0.25) is 0 Å². The number of rotatable bonds is 7. The van der Waals surface area contributed by atoms with Gasteiger partial charge in [-0.15, -0.1) is 0 Å². The fraction of sp³-hybridized carbons (Fsp3) is 0.917. The van der Waals surface area contributed by atoms with Crippen LogP contribution in [0, 0.1) is 29.1 Å². The van der Waals surface area contributed by atoms with E-state index in [4.69, 9.17) is 10.00 Å². The molecule has 0 N–H and O–H groups in total. The molecule has 0 saturated heterocycles. The summed E-state index contributed by atoms with van der Waals surface area (Å²) in [5.41, 5.74) is 0. The maximum Gasteiger partial charge on any atom is 0.0645 e. The van der Waals surface area contributed by atoms with Crippen LogP contribution < -0.4 is 0 Å². The molecule has 0 heterocycles. The topological polar surface area (TPSA) is 33.0 Å². The van der Waals surface area contributed by atoms with Crippen LogP contribution in [0.15, 0.2) is 0 Å². The maximum atomic E-state index is 8.34. The van der Waals surface area contributed by atoms with Gasteiger partial charge in [-0.25, -0.2) is 0 Å². The summed E-state index contributed by atoms with van der Waals surface area (Å²) >= 11 is 0. The number of hydrogen-bond acceptors (Lipinski definition) is 2. The molecule has 0 rings (SSSR count). The van der Waals surface area contributed by atoms with E-state index in [1.165, 1.54) is 6.42 Å². The molecule has 0 aromatic carbocycles. The molecule has 14 heavy (non-hydrogen) atoms. The molecule has 0 amide bonds. The Labute approximate surface area is 88.3 Å². The number of nitriles is 1. The lowest BCUT2D eigenvalue weighted by molar-refractivity contribution is 0.0783. The lowest BCUT2D eigenvalue weighted by Crippen LogP contribution is -2.20. The van der Waals surface area contributed by atoms with Gasteiger partial charge in [-0.1, -0.05) is 34.1 Å². The molecule has 0 saturated carbocycles. The van der Waals surface area contributed by atoms with Crippen LogP contribution in [-0.4, -0.2) is 13.2 Å². The van der Waals surface area contributed by atoms with E-state index in [-0.39, 0.29) is 0 Å². The summed E-state index contributed by atoms with van der Waals surface area (Å²) in [5, 5.41) is 8.34. The van der Waals surface area contributed by atoms with Crippen molar-refractivity contribution in [3.05, 3.63) is 0 Å². The second kappa shape index (κ2) is 7.82. The molecule has 0 fully saturated rings. The maximum absolute atomic E-state index is 8.34. The number of ether oxygens (including phenoxy) is 1. The van der Waals surface area contributed by atoms with Gasteiger partial charge in [-0.2, -0.15) is 5.26 Å². The molecule has 0 aromatic heterocycles. The zero-order chi connectivity index (χ0) is 11.0. The monoisotopic (exact) mass is 197 g/mol. The Morgan fingerprint density at radius 1 is 1.21 bits per heavy atom. The molecule has 0 spiro atoms. The zero-order valence-electron chi connectivity index (χ0n) is 9.92. The fourth-order valence-corrected chi connectivity index (χ4v) is 1.47. The lowest BCUT2D eigenvalue weighted by atomic mass is 9.84. The molecule has 0 aliphatic carbocycles. The van der Waals surface area contributed by atoms with Gasteiger partial charge in [0.15, 0.2) is 0 Å². The van der Waals surface area contributed by atoms with E-state index in [9.17, 15) is 0 Å². The first-order chi connectivity index (χ1) is 6.63. The van der Waals surface area contributed by atoms with Gasteiger partial charge in [0.25, 0.3) is 0 Å². The second-order valence-electron chi connectivity index (χ2n) is 4.20. The smallest absolute Gasteiger partial charge is 0.0645 e. The first-order valence-corrected chi connectivity index (χ1v) is 5.58. The van der Waals surface area contributed by atoms with Crippen LogP contribution in [-0.2, 0) is 4.74 Å². The minimum absolute atomic E-state index is 0.504. The third kappa shape index (κ3) is 5.24. The van der Waals surface area contributed by atoms with E-state index in [0.29, 0.717) is 24.9 Å². The molecular formula is C12H23NO. The van der Waals surface area contributed by atoms with E-state index in [1.807, 2.05) is 0 Å². The summed E-state index contributed by atoms with van der Waals surface area (Å²) in [5.74, 6) is 2.04. The van der Waals surface area contributed by atoms with Gasteiger partial charge < -0.3 is 4.74 Å². The van der Waals surface area contributed by atoms with Crippen molar-refractivity contribution in [3.8, 4) is 6.07 Å². The van der Waals surface area contributed by atoms with E-state index in [0.717, 1.165) is 12.5 Å². The predicted octanol–water partition coefficient (Wildman–Crippen LogP) is 3.23. The summed E-state index contributed by atoms with van der Waals surface area (Å²) < 4.78 is 5.43. The molecule has 0 aliphatic rings. The number of nitrogens with zero attached hydrogens (tertiary/aromatic N) is 1. The first kappa shape index (κ1) is 13.4. The van der Waals surface area contributed by atoms with Crippen molar-refractivity contribution in [2.45, 2.75) is 40.5 Å². The van der Waals surface area contributed by atoms with Crippen molar-refractivity contribution in [1.82, 2.24) is 0 Å². The summed E-state index contributed by atoms with van der Waals surface area (Å²) in [6, 6.07) is 2.08. The minimum Gasteiger partial charge on any atom is -0.380 e. The summed E-state index contributed by atoms with van der Waals surface area (Å²) in [6.07, 6.45) is 1.73. The quantitative estimate of drug-likeness (QED) is 0.587. The highest BCUT2D eigenvalue weighted by atomic mass is 16.5. The highest BCUT2D eigenvalue weighted by Crippen LogP contribution is 2.23. The molecule has 3 atom stereocenters. The average molecular weight is 197 g/mol. The average Bonchev–Trinajstić information content (AvgIpc) is 2.21. The Kier molecular flexibility index (Phi) is 7.51. The summed E-state index contributed by atoms with van der Waals surface area (Å²) in [7, 11) is 0. The van der Waals surface area contributed by atoms with Gasteiger partial charge in [0.2, 0.25) is 0 Å². The normalized spacial score (nSPS) is 17.1. The summed E-state index contributed by atoms with van der Waals surface area (Å²) in [4.78, 5) is 0. The highest BCUT2D eigenvalue weighted by Gasteiger charge is 2.17. The largest absolute Gasteiger partial charge is 0.380 e. The first-order valence-electron chi connectivity index (χ1n) is 5.58. The van der Waals surface area contributed by atoms with Crippen LogP contribution in [0.2, 0.25) is 0 Å². The van der Waals surface area contributed by atoms with Gasteiger partial charge in [0, 0.05) is 6.61 Å². The second-order valence-corrected chi connectivity index (χ2v) is 4.20. The summed E-state index contributed by atoms with van der Waals surface area (Å²) in [6.45, 7) is 10.4. The van der Waals surface area contributed by atoms with Crippen molar-refractivity contribution in [3.63, 3.8) is 0 Å². The van der Waals surface area contributed by atoms with Crippen LogP contribution in [0.25, 0.3) is 0 Å². The van der Waals surface area contributed by atoms with Crippen molar-refractivity contribution >= 4 is 0 Å². The van der Waals surface area contributed by atoms with Gasteiger partial charge in [0.1, 0.15) is 0 Å². The third-order valence-corrected chi connectivity index (χ3v) is 3.18. The van der Waals surface area contributed by atoms with Gasteiger partial charge in [-0.05, 0) is 17.8 Å². The lowest BCUT2D eigenvalue weighted by Gasteiger charge is -2.24. The molecular weight excluding hydrogens is 174 g/mol. The Balaban J connectivity index is 3.62. The van der Waals surface area contributed by atoms with Crippen molar-refractivity contribution in [1.29, 1.82) is 5.26 Å². The van der Waals surface area contributed by atoms with Crippen LogP contribution in [0.1, 0.15) is 40.5 Å². The van der Waals surface area contributed by atoms with Crippen LogP contribution >= 0.6 is 0 Å². The van der Waals surface area contributed by atoms with E-state index >= 15 is 0 Å². The molecule has 0 radical (unpaired) electrons. The third-order valence-electron chi connectivity index (χ3n) is 3.18. The molecule has 3 unspecified atom stereocenters. The van der Waals surface area contributed by atoms with Gasteiger partial charge >= 0.3 is 0 Å². The number of hydrogen-bond donors (Lipinski definition) is 0. The molecule has 82 valence electrons. The standard InChI is InChI=1S/C12H23NO/c1-5-10(2)12(4)11(3)9-14-8-6-7-13/h10-12H,5-6,8-9H2,1-4H3. The van der Waals surface area contributed by atoms with Crippen molar-refractivity contribution < 1.29 is 4.74 Å². The zero-order valence-corrected chi connectivity index (χ0v) is 9.92. The predicted molar refractivity (Wildman–Crippen MR) is 58.8 cm³/mol. The Morgan fingerprint density at radius 3 is 2.36 bits per heavy atom. The molecule has 0 aliphatic heterocycles. The highest BCUT2D eigenvalue weighted by molar-refractivity contribution is 4.69. The minimum atomic E-state index is 0.504. The van der Waals surface area contributed by atoms with E-state index < -0.39 is 0 Å². The van der Waals surface area contributed by atoms with Gasteiger partial charge in [0.05, 0.1) is 19.1 Å². The van der Waals surface area contributed by atoms with Crippen LogP contribution in [0.5, 0.6) is 0 Å². The Morgan fingerprint density at radius 2 is 1.86 bits per heavy atom. The molecule has 0 aromatic rings. The Bertz CT molecular complexity index is 174. The van der Waals surface area contributed by atoms with Crippen molar-refractivity contribution in [2.24, 2.45) is 17.8 Å². The SMILES string of the molecule is CCC(C)C(C)C(C)COCCC#N. The molecule has 0 bridgehead atoms.